The smallest absolute Gasteiger partial charge is 0.317 e. The standard InChI is InChI=1S/C7H9N3O2/c11-6(12)7(2-1-3-7)5-8-4-9-10-5/h4H,1-3H2,(H,11,12)(H,8,9,10). The molecular weight excluding hydrogens is 158 g/mol. The number of nitrogens with zero attached hydrogens (tertiary/aromatic N) is 2. The van der Waals surface area contributed by atoms with Crippen molar-refractivity contribution in [2.45, 2.75) is 24.7 Å². The van der Waals surface area contributed by atoms with E-state index in [-0.39, 0.29) is 0 Å². The Balaban J connectivity index is 2.35. The molecule has 5 heteroatoms. The van der Waals surface area contributed by atoms with Crippen LogP contribution in [0.2, 0.25) is 0 Å². The number of hydrogen-bond donors (Lipinski definition) is 2. The number of aromatic amines is 1. The van der Waals surface area contributed by atoms with Crippen molar-refractivity contribution in [3.8, 4) is 0 Å². The minimum absolute atomic E-state index is 0.487. The number of rotatable bonds is 2. The third-order valence-corrected chi connectivity index (χ3v) is 2.48. The summed E-state index contributed by atoms with van der Waals surface area (Å²) in [6, 6.07) is 0. The number of H-pyrrole nitrogens is 1. The van der Waals surface area contributed by atoms with Gasteiger partial charge in [-0.05, 0) is 12.8 Å². The van der Waals surface area contributed by atoms with Crippen molar-refractivity contribution >= 4 is 5.97 Å². The molecule has 0 radical (unpaired) electrons. The summed E-state index contributed by atoms with van der Waals surface area (Å²) in [4.78, 5) is 14.8. The van der Waals surface area contributed by atoms with Crippen LogP contribution in [-0.4, -0.2) is 26.3 Å². The zero-order valence-electron chi connectivity index (χ0n) is 6.45. The third-order valence-electron chi connectivity index (χ3n) is 2.48. The van der Waals surface area contributed by atoms with E-state index >= 15 is 0 Å². The maximum absolute atomic E-state index is 10.9. The number of carboxylic acids is 1. The highest BCUT2D eigenvalue weighted by Gasteiger charge is 2.48. The zero-order valence-corrected chi connectivity index (χ0v) is 6.45. The molecule has 0 aromatic carbocycles. The summed E-state index contributed by atoms with van der Waals surface area (Å²) in [6.45, 7) is 0. The van der Waals surface area contributed by atoms with E-state index in [1.165, 1.54) is 6.33 Å². The summed E-state index contributed by atoms with van der Waals surface area (Å²) in [6.07, 6.45) is 3.63. The fraction of sp³-hybridized carbons (Fsp3) is 0.571. The van der Waals surface area contributed by atoms with E-state index in [2.05, 4.69) is 15.2 Å². The second-order valence-corrected chi connectivity index (χ2v) is 3.07. The molecular formula is C7H9N3O2. The number of hydrogen-bond acceptors (Lipinski definition) is 3. The number of aromatic nitrogens is 3. The Morgan fingerprint density at radius 2 is 2.42 bits per heavy atom. The highest BCUT2D eigenvalue weighted by Crippen LogP contribution is 2.41. The predicted octanol–water partition coefficient (Wildman–Crippen LogP) is 0.311. The van der Waals surface area contributed by atoms with Crippen LogP contribution in [0.3, 0.4) is 0 Å². The molecule has 1 aromatic heterocycles. The number of nitrogens with one attached hydrogen (secondary N) is 1. The molecule has 1 saturated carbocycles. The third kappa shape index (κ3) is 0.760. The second-order valence-electron chi connectivity index (χ2n) is 3.07. The quantitative estimate of drug-likeness (QED) is 0.664. The van der Waals surface area contributed by atoms with Crippen LogP contribution in [0.15, 0.2) is 6.33 Å². The van der Waals surface area contributed by atoms with Gasteiger partial charge in [-0.25, -0.2) is 4.98 Å². The van der Waals surface area contributed by atoms with Crippen molar-refractivity contribution in [1.82, 2.24) is 15.2 Å². The van der Waals surface area contributed by atoms with Crippen LogP contribution in [0, 0.1) is 0 Å². The van der Waals surface area contributed by atoms with Gasteiger partial charge in [0, 0.05) is 0 Å². The summed E-state index contributed by atoms with van der Waals surface area (Å²) < 4.78 is 0. The molecule has 12 heavy (non-hydrogen) atoms. The Labute approximate surface area is 68.8 Å². The first-order valence-electron chi connectivity index (χ1n) is 3.85. The fourth-order valence-electron chi connectivity index (χ4n) is 1.52. The molecule has 0 atom stereocenters. The van der Waals surface area contributed by atoms with Gasteiger partial charge in [0.15, 0.2) is 0 Å². The minimum Gasteiger partial charge on any atom is -0.480 e. The van der Waals surface area contributed by atoms with Gasteiger partial charge in [0.25, 0.3) is 0 Å². The lowest BCUT2D eigenvalue weighted by Crippen LogP contribution is -2.43. The SMILES string of the molecule is O=C(O)C1(c2ncn[nH]2)CCC1. The summed E-state index contributed by atoms with van der Waals surface area (Å²) in [5.41, 5.74) is -0.767. The summed E-state index contributed by atoms with van der Waals surface area (Å²) in [7, 11) is 0. The Morgan fingerprint density at radius 3 is 2.75 bits per heavy atom. The van der Waals surface area contributed by atoms with Crippen molar-refractivity contribution in [1.29, 1.82) is 0 Å². The molecule has 0 bridgehead atoms. The lowest BCUT2D eigenvalue weighted by Gasteiger charge is -2.35. The van der Waals surface area contributed by atoms with Crippen LogP contribution < -0.4 is 0 Å². The number of carboxylic acid groups (broad SMARTS) is 1. The van der Waals surface area contributed by atoms with E-state index in [4.69, 9.17) is 5.11 Å². The lowest BCUT2D eigenvalue weighted by atomic mass is 9.68. The molecule has 0 aliphatic heterocycles. The lowest BCUT2D eigenvalue weighted by molar-refractivity contribution is -0.147. The summed E-state index contributed by atoms with van der Waals surface area (Å²) in [5.74, 6) is -0.313. The molecule has 2 N–H and O–H groups in total. The van der Waals surface area contributed by atoms with E-state index in [1.807, 2.05) is 0 Å². The average Bonchev–Trinajstić information content (AvgIpc) is 2.35. The van der Waals surface area contributed by atoms with Gasteiger partial charge >= 0.3 is 5.97 Å². The predicted molar refractivity (Wildman–Crippen MR) is 39.5 cm³/mol. The molecule has 0 spiro atoms. The van der Waals surface area contributed by atoms with E-state index in [0.717, 1.165) is 6.42 Å². The first kappa shape index (κ1) is 7.27. The van der Waals surface area contributed by atoms with Crippen molar-refractivity contribution < 1.29 is 9.90 Å². The van der Waals surface area contributed by atoms with Gasteiger partial charge in [0.05, 0.1) is 0 Å². The van der Waals surface area contributed by atoms with Gasteiger partial charge in [0.1, 0.15) is 17.6 Å². The van der Waals surface area contributed by atoms with E-state index in [1.54, 1.807) is 0 Å². The van der Waals surface area contributed by atoms with Crippen LogP contribution in [0.25, 0.3) is 0 Å². The van der Waals surface area contributed by atoms with Gasteiger partial charge in [-0.15, -0.1) is 0 Å². The maximum Gasteiger partial charge on any atom is 0.317 e. The minimum atomic E-state index is -0.800. The molecule has 64 valence electrons. The van der Waals surface area contributed by atoms with Crippen LogP contribution >= 0.6 is 0 Å². The largest absolute Gasteiger partial charge is 0.480 e. The Kier molecular flexibility index (Phi) is 1.39. The monoisotopic (exact) mass is 167 g/mol. The fourth-order valence-corrected chi connectivity index (χ4v) is 1.52. The molecule has 0 unspecified atom stereocenters. The molecule has 1 fully saturated rings. The first-order valence-corrected chi connectivity index (χ1v) is 3.85. The molecule has 0 saturated heterocycles. The van der Waals surface area contributed by atoms with Crippen LogP contribution in [0.5, 0.6) is 0 Å². The molecule has 2 rings (SSSR count). The van der Waals surface area contributed by atoms with Gasteiger partial charge in [-0.1, -0.05) is 6.42 Å². The first-order chi connectivity index (χ1) is 5.76. The van der Waals surface area contributed by atoms with Crippen molar-refractivity contribution in [2.24, 2.45) is 0 Å². The Bertz CT molecular complexity index is 290. The van der Waals surface area contributed by atoms with Crippen molar-refractivity contribution in [2.75, 3.05) is 0 Å². The highest BCUT2D eigenvalue weighted by molar-refractivity contribution is 5.81. The number of aliphatic carboxylic acids is 1. The molecule has 1 aliphatic carbocycles. The van der Waals surface area contributed by atoms with Crippen LogP contribution in [-0.2, 0) is 10.2 Å². The second kappa shape index (κ2) is 2.30. The van der Waals surface area contributed by atoms with Crippen molar-refractivity contribution in [3.05, 3.63) is 12.2 Å². The van der Waals surface area contributed by atoms with Crippen LogP contribution in [0.1, 0.15) is 25.1 Å². The summed E-state index contributed by atoms with van der Waals surface area (Å²) in [5, 5.41) is 15.2. The van der Waals surface area contributed by atoms with Gasteiger partial charge < -0.3 is 5.11 Å². The topological polar surface area (TPSA) is 78.9 Å². The Hall–Kier alpha value is -1.39. The molecule has 1 heterocycles. The summed E-state index contributed by atoms with van der Waals surface area (Å²) >= 11 is 0. The molecule has 1 aliphatic rings. The zero-order chi connectivity index (χ0) is 8.60. The molecule has 5 nitrogen and oxygen atoms in total. The normalized spacial score (nSPS) is 20.0. The average molecular weight is 167 g/mol. The maximum atomic E-state index is 10.9. The van der Waals surface area contributed by atoms with Gasteiger partial charge in [-0.2, -0.15) is 5.10 Å². The van der Waals surface area contributed by atoms with Crippen LogP contribution in [0.4, 0.5) is 0 Å². The van der Waals surface area contributed by atoms with Gasteiger partial charge in [-0.3, -0.25) is 9.89 Å². The van der Waals surface area contributed by atoms with Crippen molar-refractivity contribution in [3.63, 3.8) is 0 Å². The molecule has 0 amide bonds. The van der Waals surface area contributed by atoms with E-state index < -0.39 is 11.4 Å². The highest BCUT2D eigenvalue weighted by atomic mass is 16.4. The molecule has 1 aromatic rings. The van der Waals surface area contributed by atoms with Gasteiger partial charge in [0.2, 0.25) is 0 Å². The Morgan fingerprint density at radius 1 is 1.67 bits per heavy atom. The number of carbonyl (C=O) groups is 1. The van der Waals surface area contributed by atoms with E-state index in [0.29, 0.717) is 18.7 Å². The van der Waals surface area contributed by atoms with E-state index in [9.17, 15) is 4.79 Å².